The predicted molar refractivity (Wildman–Crippen MR) is 225 cm³/mol. The highest BCUT2D eigenvalue weighted by Gasteiger charge is 2.51. The van der Waals surface area contributed by atoms with Gasteiger partial charge >= 0.3 is 0 Å². The average molecular weight is 683 g/mol. The van der Waals surface area contributed by atoms with Crippen molar-refractivity contribution in [1.82, 2.24) is 0 Å². The summed E-state index contributed by atoms with van der Waals surface area (Å²) in [5, 5.41) is 7.90. The molecule has 10 aromatic rings. The van der Waals surface area contributed by atoms with E-state index < -0.39 is 10.8 Å². The Hall–Kier alpha value is -6.76. The second kappa shape index (κ2) is 10.9. The molecule has 0 amide bonds. The molecule has 0 unspecified atom stereocenters. The molecule has 0 saturated heterocycles. The molecule has 0 saturated carbocycles. The first-order valence-electron chi connectivity index (χ1n) is 19.0. The molecule has 0 spiro atoms. The summed E-state index contributed by atoms with van der Waals surface area (Å²) >= 11 is 0. The molecule has 0 radical (unpaired) electrons. The Bertz CT molecular complexity index is 2970. The monoisotopic (exact) mass is 682 g/mol. The van der Waals surface area contributed by atoms with Crippen LogP contribution in [0.25, 0.3) is 54.6 Å². The van der Waals surface area contributed by atoms with Gasteiger partial charge in [-0.2, -0.15) is 0 Å². The molecule has 0 N–H and O–H groups in total. The minimum absolute atomic E-state index is 0.488. The van der Waals surface area contributed by atoms with Crippen LogP contribution < -0.4 is 0 Å². The number of hydrogen-bond acceptors (Lipinski definition) is 0. The summed E-state index contributed by atoms with van der Waals surface area (Å²) in [6.07, 6.45) is 0. The summed E-state index contributed by atoms with van der Waals surface area (Å²) in [4.78, 5) is 0. The Morgan fingerprint density at radius 1 is 0.259 bits per heavy atom. The topological polar surface area (TPSA) is 0 Å². The summed E-state index contributed by atoms with van der Waals surface area (Å²) in [6, 6.07) is 77.8. The maximum absolute atomic E-state index is 2.61. The van der Waals surface area contributed by atoms with Gasteiger partial charge in [-0.1, -0.05) is 188 Å². The van der Waals surface area contributed by atoms with Crippen molar-refractivity contribution >= 4 is 32.3 Å². The minimum Gasteiger partial charge on any atom is -0.0622 e. The molecule has 0 atom stereocenters. The number of rotatable bonds is 4. The zero-order valence-electron chi connectivity index (χ0n) is 29.6. The Morgan fingerprint density at radius 2 is 0.722 bits per heavy atom. The van der Waals surface area contributed by atoms with Crippen molar-refractivity contribution in [3.05, 3.63) is 251 Å². The van der Waals surface area contributed by atoms with Crippen molar-refractivity contribution < 1.29 is 0 Å². The molecule has 0 heterocycles. The van der Waals surface area contributed by atoms with E-state index in [9.17, 15) is 0 Å². The normalized spacial score (nSPS) is 14.6. The molecule has 2 aliphatic carbocycles. The average Bonchev–Trinajstić information content (AvgIpc) is 3.70. The van der Waals surface area contributed by atoms with Crippen LogP contribution in [0, 0.1) is 0 Å². The van der Waals surface area contributed by atoms with Crippen molar-refractivity contribution in [2.24, 2.45) is 0 Å². The van der Waals surface area contributed by atoms with Gasteiger partial charge in [0, 0.05) is 0 Å². The highest BCUT2D eigenvalue weighted by Crippen LogP contribution is 2.64. The largest absolute Gasteiger partial charge is 0.0714 e. The van der Waals surface area contributed by atoms with Gasteiger partial charge < -0.3 is 0 Å². The van der Waals surface area contributed by atoms with E-state index in [0.29, 0.717) is 0 Å². The zero-order valence-corrected chi connectivity index (χ0v) is 29.6. The fourth-order valence-corrected chi connectivity index (χ4v) is 10.7. The maximum Gasteiger partial charge on any atom is 0.0714 e. The lowest BCUT2D eigenvalue weighted by Crippen LogP contribution is -2.29. The van der Waals surface area contributed by atoms with E-state index in [0.717, 1.165) is 0 Å². The Morgan fingerprint density at radius 3 is 1.31 bits per heavy atom. The van der Waals surface area contributed by atoms with Crippen LogP contribution in [0.3, 0.4) is 0 Å². The van der Waals surface area contributed by atoms with E-state index in [1.807, 2.05) is 0 Å². The molecule has 10 aromatic carbocycles. The molecule has 0 fully saturated rings. The summed E-state index contributed by atoms with van der Waals surface area (Å²) in [7, 11) is 0. The summed E-state index contributed by atoms with van der Waals surface area (Å²) in [6.45, 7) is 0. The molecule has 12 rings (SSSR count). The van der Waals surface area contributed by atoms with E-state index in [4.69, 9.17) is 0 Å². The molecule has 0 aliphatic heterocycles. The lowest BCUT2D eigenvalue weighted by molar-refractivity contribution is 0.759. The summed E-state index contributed by atoms with van der Waals surface area (Å²) in [5.74, 6) is 0. The standard InChI is InChI=1S/C54H34/c1-5-18-38(19-6-1)53(39-20-7-2-8-21-39)46-27-14-13-26-42(46)44-33-48-45(34-47(44)53)52-43-31-30-36-17-15-16-35-28-29-37(51(43)50(35)36)32-49(52)54(48,40-22-9-3-10-23-40)41-24-11-4-12-25-41/h1-34H. The van der Waals surface area contributed by atoms with Gasteiger partial charge in [-0.15, -0.1) is 0 Å². The lowest BCUT2D eigenvalue weighted by atomic mass is 9.66. The van der Waals surface area contributed by atoms with Crippen molar-refractivity contribution in [2.75, 3.05) is 0 Å². The van der Waals surface area contributed by atoms with E-state index >= 15 is 0 Å². The Labute approximate surface area is 315 Å². The zero-order chi connectivity index (χ0) is 35.4. The number of benzene rings is 10. The molecule has 2 aliphatic rings. The third-order valence-corrected chi connectivity index (χ3v) is 12.7. The first-order chi connectivity index (χ1) is 26.8. The molecule has 250 valence electrons. The second-order valence-electron chi connectivity index (χ2n) is 15.1. The van der Waals surface area contributed by atoms with Crippen molar-refractivity contribution in [3.8, 4) is 22.3 Å². The molecule has 0 bridgehead atoms. The van der Waals surface area contributed by atoms with Gasteiger partial charge in [0.2, 0.25) is 0 Å². The van der Waals surface area contributed by atoms with Crippen molar-refractivity contribution in [1.29, 1.82) is 0 Å². The van der Waals surface area contributed by atoms with Gasteiger partial charge in [0.1, 0.15) is 0 Å². The fourth-order valence-electron chi connectivity index (χ4n) is 10.7. The van der Waals surface area contributed by atoms with Gasteiger partial charge in [-0.25, -0.2) is 0 Å². The minimum atomic E-state index is -0.535. The lowest BCUT2D eigenvalue weighted by Gasteiger charge is -2.35. The van der Waals surface area contributed by atoms with Crippen LogP contribution >= 0.6 is 0 Å². The quantitative estimate of drug-likeness (QED) is 0.162. The van der Waals surface area contributed by atoms with Crippen LogP contribution in [-0.4, -0.2) is 0 Å². The van der Waals surface area contributed by atoms with Crippen molar-refractivity contribution in [2.45, 2.75) is 10.8 Å². The molecular formula is C54H34. The van der Waals surface area contributed by atoms with Gasteiger partial charge in [-0.3, -0.25) is 0 Å². The van der Waals surface area contributed by atoms with E-state index in [-0.39, 0.29) is 0 Å². The highest BCUT2D eigenvalue weighted by molar-refractivity contribution is 6.27. The van der Waals surface area contributed by atoms with E-state index in [1.54, 1.807) is 0 Å². The number of hydrogen-bond donors (Lipinski definition) is 0. The molecule has 0 nitrogen and oxygen atoms in total. The molecular weight excluding hydrogens is 649 g/mol. The fraction of sp³-hybridized carbons (Fsp3) is 0.0370. The second-order valence-corrected chi connectivity index (χ2v) is 15.1. The van der Waals surface area contributed by atoms with E-state index in [2.05, 4.69) is 206 Å². The SMILES string of the molecule is c1ccc(C2(c3ccccc3)c3ccccc3-c3cc4c(cc32)-c2c(cc3ccc5cccc6ccc2c3c56)C4(c2ccccc2)c2ccccc2)cc1. The van der Waals surface area contributed by atoms with Crippen LogP contribution in [-0.2, 0) is 10.8 Å². The third-order valence-electron chi connectivity index (χ3n) is 12.7. The summed E-state index contributed by atoms with van der Waals surface area (Å²) in [5.41, 5.74) is 14.8. The predicted octanol–water partition coefficient (Wildman–Crippen LogP) is 13.3. The van der Waals surface area contributed by atoms with Crippen LogP contribution in [0.5, 0.6) is 0 Å². The highest BCUT2D eigenvalue weighted by atomic mass is 14.5. The van der Waals surface area contributed by atoms with Gasteiger partial charge in [-0.05, 0) is 117 Å². The Balaban J connectivity index is 1.31. The summed E-state index contributed by atoms with van der Waals surface area (Å²) < 4.78 is 0. The number of fused-ring (bicyclic) bond motifs is 7. The molecule has 0 aromatic heterocycles. The maximum atomic E-state index is 2.61. The van der Waals surface area contributed by atoms with Crippen LogP contribution in [0.4, 0.5) is 0 Å². The van der Waals surface area contributed by atoms with Gasteiger partial charge in [0.15, 0.2) is 0 Å². The van der Waals surface area contributed by atoms with Gasteiger partial charge in [0.25, 0.3) is 0 Å². The third kappa shape index (κ3) is 3.63. The Kier molecular flexibility index (Phi) is 6.00. The molecule has 54 heavy (non-hydrogen) atoms. The van der Waals surface area contributed by atoms with Crippen LogP contribution in [0.2, 0.25) is 0 Å². The first kappa shape index (κ1) is 29.8. The van der Waals surface area contributed by atoms with Gasteiger partial charge in [0.05, 0.1) is 10.8 Å². The van der Waals surface area contributed by atoms with Crippen LogP contribution in [0.1, 0.15) is 44.5 Å². The van der Waals surface area contributed by atoms with Crippen molar-refractivity contribution in [3.63, 3.8) is 0 Å². The smallest absolute Gasteiger partial charge is 0.0622 e. The van der Waals surface area contributed by atoms with Crippen LogP contribution in [0.15, 0.2) is 206 Å². The molecule has 0 heteroatoms. The van der Waals surface area contributed by atoms with E-state index in [1.165, 1.54) is 99.1 Å². The first-order valence-corrected chi connectivity index (χ1v) is 19.0.